The fourth-order valence-electron chi connectivity index (χ4n) is 2.22. The molecule has 2 N–H and O–H groups in total. The SMILES string of the molecule is CNC1C(=O)Nc2cc(OCCCN(C)C)c(Br)cc21. The Kier molecular flexibility index (Phi) is 5.01. The summed E-state index contributed by atoms with van der Waals surface area (Å²) >= 11 is 3.51. The first-order valence-electron chi connectivity index (χ1n) is 6.62. The van der Waals surface area contributed by atoms with E-state index >= 15 is 0 Å². The summed E-state index contributed by atoms with van der Waals surface area (Å²) < 4.78 is 6.64. The van der Waals surface area contributed by atoms with Gasteiger partial charge in [0.05, 0.1) is 11.1 Å². The normalized spacial score (nSPS) is 17.2. The Bertz CT molecular complexity index is 505. The van der Waals surface area contributed by atoms with Crippen LogP contribution in [-0.4, -0.2) is 45.1 Å². The molecule has 0 bridgehead atoms. The number of rotatable bonds is 6. The molecule has 2 rings (SSSR count). The van der Waals surface area contributed by atoms with Gasteiger partial charge in [0.2, 0.25) is 5.91 Å². The summed E-state index contributed by atoms with van der Waals surface area (Å²) in [5, 5.41) is 5.87. The predicted octanol–water partition coefficient (Wildman–Crippen LogP) is 1.99. The van der Waals surface area contributed by atoms with Crippen molar-refractivity contribution in [2.24, 2.45) is 0 Å². The van der Waals surface area contributed by atoms with E-state index in [0.717, 1.165) is 34.4 Å². The van der Waals surface area contributed by atoms with E-state index < -0.39 is 0 Å². The molecule has 5 nitrogen and oxygen atoms in total. The molecule has 1 heterocycles. The highest BCUT2D eigenvalue weighted by atomic mass is 79.9. The second kappa shape index (κ2) is 6.56. The van der Waals surface area contributed by atoms with Crippen LogP contribution in [0.2, 0.25) is 0 Å². The van der Waals surface area contributed by atoms with Gasteiger partial charge in [-0.25, -0.2) is 0 Å². The Labute approximate surface area is 127 Å². The first-order valence-corrected chi connectivity index (χ1v) is 7.41. The molecule has 1 atom stereocenters. The fraction of sp³-hybridized carbons (Fsp3) is 0.500. The molecule has 110 valence electrons. The summed E-state index contributed by atoms with van der Waals surface area (Å²) in [5.74, 6) is 0.735. The van der Waals surface area contributed by atoms with E-state index in [4.69, 9.17) is 4.74 Å². The molecule has 1 aliphatic rings. The van der Waals surface area contributed by atoms with Gasteiger partial charge in [-0.05, 0) is 49.6 Å². The van der Waals surface area contributed by atoms with Crippen LogP contribution in [0.15, 0.2) is 16.6 Å². The largest absolute Gasteiger partial charge is 0.492 e. The van der Waals surface area contributed by atoms with Gasteiger partial charge in [-0.3, -0.25) is 4.79 Å². The number of hydrogen-bond acceptors (Lipinski definition) is 4. The molecule has 1 aliphatic heterocycles. The molecule has 0 spiro atoms. The van der Waals surface area contributed by atoms with Crippen LogP contribution in [0.1, 0.15) is 18.0 Å². The zero-order chi connectivity index (χ0) is 14.7. The standard InChI is InChI=1S/C14H20BrN3O2/c1-16-13-9-7-10(15)12(8-11(9)17-14(13)19)20-6-4-5-18(2)3/h7-8,13,16H,4-6H2,1-3H3,(H,17,19). The molecule has 1 aromatic carbocycles. The summed E-state index contributed by atoms with van der Waals surface area (Å²) in [6, 6.07) is 3.53. The maximum absolute atomic E-state index is 11.8. The highest BCUT2D eigenvalue weighted by Crippen LogP contribution is 2.38. The van der Waals surface area contributed by atoms with Gasteiger partial charge < -0.3 is 20.3 Å². The quantitative estimate of drug-likeness (QED) is 0.777. The van der Waals surface area contributed by atoms with E-state index in [1.165, 1.54) is 0 Å². The fourth-order valence-corrected chi connectivity index (χ4v) is 2.70. The topological polar surface area (TPSA) is 53.6 Å². The Balaban J connectivity index is 2.06. The second-order valence-electron chi connectivity index (χ2n) is 5.09. The molecular weight excluding hydrogens is 322 g/mol. The van der Waals surface area contributed by atoms with Crippen molar-refractivity contribution in [1.82, 2.24) is 10.2 Å². The van der Waals surface area contributed by atoms with Crippen molar-refractivity contribution in [3.05, 3.63) is 22.2 Å². The highest BCUT2D eigenvalue weighted by Gasteiger charge is 2.30. The van der Waals surface area contributed by atoms with Crippen LogP contribution in [0.25, 0.3) is 0 Å². The van der Waals surface area contributed by atoms with Crippen molar-refractivity contribution >= 4 is 27.5 Å². The lowest BCUT2D eigenvalue weighted by atomic mass is 10.1. The third kappa shape index (κ3) is 3.31. The van der Waals surface area contributed by atoms with Crippen molar-refractivity contribution in [3.63, 3.8) is 0 Å². The molecule has 0 saturated carbocycles. The summed E-state index contributed by atoms with van der Waals surface area (Å²) in [5.41, 5.74) is 1.77. The van der Waals surface area contributed by atoms with Gasteiger partial charge in [-0.15, -0.1) is 0 Å². The van der Waals surface area contributed by atoms with Crippen molar-refractivity contribution in [2.75, 3.05) is 39.6 Å². The molecule has 0 aromatic heterocycles. The second-order valence-corrected chi connectivity index (χ2v) is 5.94. The third-order valence-electron chi connectivity index (χ3n) is 3.23. The van der Waals surface area contributed by atoms with Gasteiger partial charge in [0.1, 0.15) is 11.8 Å². The number of anilines is 1. The molecule has 1 amide bonds. The number of hydrogen-bond donors (Lipinski definition) is 2. The van der Waals surface area contributed by atoms with Crippen molar-refractivity contribution in [1.29, 1.82) is 0 Å². The minimum Gasteiger partial charge on any atom is -0.492 e. The lowest BCUT2D eigenvalue weighted by Gasteiger charge is -2.13. The van der Waals surface area contributed by atoms with Crippen LogP contribution in [0.5, 0.6) is 5.75 Å². The lowest BCUT2D eigenvalue weighted by Crippen LogP contribution is -2.23. The van der Waals surface area contributed by atoms with Crippen molar-refractivity contribution in [2.45, 2.75) is 12.5 Å². The summed E-state index contributed by atoms with van der Waals surface area (Å²) in [6.45, 7) is 1.64. The van der Waals surface area contributed by atoms with E-state index in [1.807, 2.05) is 26.2 Å². The van der Waals surface area contributed by atoms with Gasteiger partial charge in [-0.2, -0.15) is 0 Å². The van der Waals surface area contributed by atoms with Crippen molar-refractivity contribution < 1.29 is 9.53 Å². The average molecular weight is 342 g/mol. The van der Waals surface area contributed by atoms with Crippen LogP contribution in [0.3, 0.4) is 0 Å². The van der Waals surface area contributed by atoms with E-state index in [2.05, 4.69) is 31.5 Å². The van der Waals surface area contributed by atoms with E-state index in [0.29, 0.717) is 6.61 Å². The number of carbonyl (C=O) groups is 1. The number of carbonyl (C=O) groups excluding carboxylic acids is 1. The van der Waals surface area contributed by atoms with E-state index in [1.54, 1.807) is 7.05 Å². The number of benzene rings is 1. The van der Waals surface area contributed by atoms with Crippen LogP contribution >= 0.6 is 15.9 Å². The van der Waals surface area contributed by atoms with Gasteiger partial charge >= 0.3 is 0 Å². The zero-order valence-corrected chi connectivity index (χ0v) is 13.6. The van der Waals surface area contributed by atoms with Crippen molar-refractivity contribution in [3.8, 4) is 5.75 Å². The van der Waals surface area contributed by atoms with Crippen LogP contribution < -0.4 is 15.4 Å². The van der Waals surface area contributed by atoms with Gasteiger partial charge in [0.15, 0.2) is 0 Å². The Morgan fingerprint density at radius 2 is 2.20 bits per heavy atom. The van der Waals surface area contributed by atoms with Gasteiger partial charge in [0.25, 0.3) is 0 Å². The minimum atomic E-state index is -0.288. The number of nitrogens with one attached hydrogen (secondary N) is 2. The first kappa shape index (κ1) is 15.3. The first-order chi connectivity index (χ1) is 9.52. The van der Waals surface area contributed by atoms with Gasteiger partial charge in [0, 0.05) is 23.9 Å². The molecule has 20 heavy (non-hydrogen) atoms. The number of nitrogens with zero attached hydrogens (tertiary/aromatic N) is 1. The average Bonchev–Trinajstić information content (AvgIpc) is 2.69. The maximum Gasteiger partial charge on any atom is 0.246 e. The molecule has 1 aromatic rings. The molecule has 1 unspecified atom stereocenters. The van der Waals surface area contributed by atoms with Crippen LogP contribution in [-0.2, 0) is 4.79 Å². The number of ether oxygens (including phenoxy) is 1. The highest BCUT2D eigenvalue weighted by molar-refractivity contribution is 9.10. The number of halogens is 1. The van der Waals surface area contributed by atoms with Crippen LogP contribution in [0, 0.1) is 0 Å². The molecule has 0 aliphatic carbocycles. The minimum absolute atomic E-state index is 0.0286. The van der Waals surface area contributed by atoms with E-state index in [-0.39, 0.29) is 11.9 Å². The Morgan fingerprint density at radius 3 is 2.85 bits per heavy atom. The Morgan fingerprint density at radius 1 is 1.45 bits per heavy atom. The predicted molar refractivity (Wildman–Crippen MR) is 83.2 cm³/mol. The Hall–Kier alpha value is -1.11. The zero-order valence-electron chi connectivity index (χ0n) is 12.0. The molecule has 6 heteroatoms. The number of amides is 1. The smallest absolute Gasteiger partial charge is 0.246 e. The molecular formula is C14H20BrN3O2. The lowest BCUT2D eigenvalue weighted by molar-refractivity contribution is -0.117. The number of likely N-dealkylation sites (N-methyl/N-ethyl adjacent to an activating group) is 1. The number of fused-ring (bicyclic) bond motifs is 1. The summed E-state index contributed by atoms with van der Waals surface area (Å²) in [7, 11) is 5.86. The van der Waals surface area contributed by atoms with Crippen LogP contribution in [0.4, 0.5) is 5.69 Å². The third-order valence-corrected chi connectivity index (χ3v) is 3.85. The molecule has 0 saturated heterocycles. The maximum atomic E-state index is 11.8. The molecule has 0 fully saturated rings. The monoisotopic (exact) mass is 341 g/mol. The summed E-state index contributed by atoms with van der Waals surface area (Å²) in [6.07, 6.45) is 0.960. The summed E-state index contributed by atoms with van der Waals surface area (Å²) in [4.78, 5) is 13.9. The van der Waals surface area contributed by atoms with Gasteiger partial charge in [-0.1, -0.05) is 0 Å². The van der Waals surface area contributed by atoms with E-state index in [9.17, 15) is 4.79 Å². The molecule has 0 radical (unpaired) electrons.